The second-order valence-electron chi connectivity index (χ2n) is 3.85. The quantitative estimate of drug-likeness (QED) is 0.639. The third kappa shape index (κ3) is 4.16. The van der Waals surface area contributed by atoms with Gasteiger partial charge in [0, 0.05) is 0 Å². The maximum absolute atomic E-state index is 11.9. The molecule has 0 radical (unpaired) electrons. The highest BCUT2D eigenvalue weighted by molar-refractivity contribution is 7.87. The van der Waals surface area contributed by atoms with Gasteiger partial charge in [-0.3, -0.25) is 4.18 Å². The maximum atomic E-state index is 11.9. The van der Waals surface area contributed by atoms with Crippen LogP contribution >= 0.6 is 0 Å². The molecule has 1 rings (SSSR count). The summed E-state index contributed by atoms with van der Waals surface area (Å²) in [5.74, 6) is -0.230. The Morgan fingerprint density at radius 2 is 2.06 bits per heavy atom. The van der Waals surface area contributed by atoms with Gasteiger partial charge in [-0.1, -0.05) is 24.6 Å². The van der Waals surface area contributed by atoms with Gasteiger partial charge in [-0.05, 0) is 25.0 Å². The largest absolute Gasteiger partial charge is 0.306 e. The molecule has 0 amide bonds. The summed E-state index contributed by atoms with van der Waals surface area (Å²) < 4.78 is 48.4. The highest BCUT2D eigenvalue weighted by atomic mass is 32.2. The van der Waals surface area contributed by atoms with Gasteiger partial charge in [-0.2, -0.15) is 8.42 Å². The first-order chi connectivity index (χ1) is 8.36. The zero-order chi connectivity index (χ0) is 13.8. The maximum Gasteiger partial charge on any atom is 0.297 e. The summed E-state index contributed by atoms with van der Waals surface area (Å²) in [4.78, 5) is -0.0380. The highest BCUT2D eigenvalue weighted by Gasteiger charge is 2.20. The van der Waals surface area contributed by atoms with Crippen LogP contribution in [-0.4, -0.2) is 23.8 Å². The second kappa shape index (κ2) is 6.42. The number of hydrogen-bond acceptors (Lipinski definition) is 4. The topological polar surface area (TPSA) is 80.7 Å². The van der Waals surface area contributed by atoms with Crippen LogP contribution in [0.3, 0.4) is 0 Å². The average Bonchev–Trinajstić information content (AvgIpc) is 2.25. The van der Waals surface area contributed by atoms with Gasteiger partial charge >= 0.3 is 0 Å². The summed E-state index contributed by atoms with van der Waals surface area (Å²) in [6.45, 7) is 3.68. The Morgan fingerprint density at radius 1 is 1.39 bits per heavy atom. The molecule has 0 aromatic heterocycles. The molecule has 0 aliphatic carbocycles. The molecule has 0 saturated carbocycles. The van der Waals surface area contributed by atoms with Crippen molar-refractivity contribution in [2.24, 2.45) is 0 Å². The second-order valence-corrected chi connectivity index (χ2v) is 6.37. The summed E-state index contributed by atoms with van der Waals surface area (Å²) in [7, 11) is -3.86. The van der Waals surface area contributed by atoms with E-state index in [2.05, 4.69) is 0 Å². The van der Waals surface area contributed by atoms with E-state index in [-0.39, 0.29) is 17.3 Å². The van der Waals surface area contributed by atoms with Gasteiger partial charge in [-0.15, -0.1) is 0 Å². The molecule has 0 aliphatic rings. The van der Waals surface area contributed by atoms with Crippen LogP contribution in [0.1, 0.15) is 24.5 Å². The third-order valence-corrected chi connectivity index (χ3v) is 4.18. The Bertz CT molecular complexity index is 536. The smallest absolute Gasteiger partial charge is 0.297 e. The van der Waals surface area contributed by atoms with Crippen molar-refractivity contribution >= 4 is 21.2 Å². The Hall–Kier alpha value is -0.760. The lowest BCUT2D eigenvalue weighted by Gasteiger charge is -2.10. The first kappa shape index (κ1) is 15.3. The van der Waals surface area contributed by atoms with E-state index in [0.29, 0.717) is 12.0 Å². The Labute approximate surface area is 110 Å². The molecule has 1 unspecified atom stereocenters. The lowest BCUT2D eigenvalue weighted by molar-refractivity contribution is 0.318. The summed E-state index contributed by atoms with van der Waals surface area (Å²) >= 11 is -2.10. The van der Waals surface area contributed by atoms with Gasteiger partial charge in [0.1, 0.15) is 0 Å². The van der Waals surface area contributed by atoms with Gasteiger partial charge < -0.3 is 4.55 Å². The molecule has 18 heavy (non-hydrogen) atoms. The van der Waals surface area contributed by atoms with Gasteiger partial charge in [0.25, 0.3) is 10.1 Å². The van der Waals surface area contributed by atoms with Crippen molar-refractivity contribution in [1.29, 1.82) is 0 Å². The first-order valence-corrected chi connectivity index (χ1v) is 8.11. The van der Waals surface area contributed by atoms with Crippen molar-refractivity contribution < 1.29 is 21.4 Å². The summed E-state index contributed by atoms with van der Waals surface area (Å²) in [5, 5.41) is 0. The van der Waals surface area contributed by atoms with E-state index in [0.717, 1.165) is 5.56 Å². The minimum atomic E-state index is -3.86. The van der Waals surface area contributed by atoms with E-state index >= 15 is 0 Å². The predicted molar refractivity (Wildman–Crippen MR) is 69.1 cm³/mol. The lowest BCUT2D eigenvalue weighted by atomic mass is 10.2. The number of benzene rings is 1. The van der Waals surface area contributed by atoms with Crippen LogP contribution in [0.2, 0.25) is 0 Å². The molecule has 102 valence electrons. The van der Waals surface area contributed by atoms with E-state index in [1.807, 2.05) is 0 Å². The zero-order valence-electron chi connectivity index (χ0n) is 10.3. The zero-order valence-corrected chi connectivity index (χ0v) is 11.9. The Morgan fingerprint density at radius 3 is 2.61 bits per heavy atom. The van der Waals surface area contributed by atoms with Crippen LogP contribution in [0.15, 0.2) is 23.1 Å². The molecular formula is C11H16O5S2. The van der Waals surface area contributed by atoms with Gasteiger partial charge in [0.2, 0.25) is 0 Å². The van der Waals surface area contributed by atoms with E-state index in [4.69, 9.17) is 8.74 Å². The molecule has 5 nitrogen and oxygen atoms in total. The molecule has 0 aliphatic heterocycles. The molecule has 0 fully saturated rings. The van der Waals surface area contributed by atoms with Gasteiger partial charge in [-0.25, -0.2) is 4.21 Å². The molecule has 0 bridgehead atoms. The van der Waals surface area contributed by atoms with E-state index in [1.165, 1.54) is 6.07 Å². The van der Waals surface area contributed by atoms with Crippen LogP contribution in [0, 0.1) is 6.92 Å². The van der Waals surface area contributed by atoms with Gasteiger partial charge in [0.15, 0.2) is 11.1 Å². The van der Waals surface area contributed by atoms with Gasteiger partial charge in [0.05, 0.1) is 17.3 Å². The van der Waals surface area contributed by atoms with Crippen LogP contribution in [0.5, 0.6) is 0 Å². The average molecular weight is 292 g/mol. The molecule has 7 heteroatoms. The van der Waals surface area contributed by atoms with Crippen molar-refractivity contribution in [1.82, 2.24) is 0 Å². The molecule has 0 saturated heterocycles. The van der Waals surface area contributed by atoms with Crippen LogP contribution in [0.25, 0.3) is 0 Å². The highest BCUT2D eigenvalue weighted by Crippen LogP contribution is 2.21. The minimum absolute atomic E-state index is 0.0380. The lowest BCUT2D eigenvalue weighted by Crippen LogP contribution is -2.11. The van der Waals surface area contributed by atoms with Crippen LogP contribution < -0.4 is 0 Å². The fourth-order valence-electron chi connectivity index (χ4n) is 1.45. The summed E-state index contributed by atoms with van der Waals surface area (Å²) in [5.41, 5.74) is 1.12. The normalized spacial score (nSPS) is 13.5. The van der Waals surface area contributed by atoms with Crippen molar-refractivity contribution in [2.45, 2.75) is 30.9 Å². The Balaban J connectivity index is 3.18. The van der Waals surface area contributed by atoms with Crippen LogP contribution in [0.4, 0.5) is 0 Å². The monoisotopic (exact) mass is 292 g/mol. The van der Waals surface area contributed by atoms with E-state index < -0.39 is 21.2 Å². The van der Waals surface area contributed by atoms with Crippen molar-refractivity contribution in [3.8, 4) is 0 Å². The van der Waals surface area contributed by atoms with Crippen molar-refractivity contribution in [3.05, 3.63) is 29.3 Å². The molecule has 1 N–H and O–H groups in total. The van der Waals surface area contributed by atoms with E-state index in [1.54, 1.807) is 26.0 Å². The molecule has 1 aromatic carbocycles. The van der Waals surface area contributed by atoms with Crippen molar-refractivity contribution in [3.63, 3.8) is 0 Å². The molecule has 1 atom stereocenters. The standard InChI is InChI=1S/C11H16O5S2/c1-3-6-16-18(14,15)11-5-4-9(2)7-10(11)8-17(12)13/h4-5,7H,3,6,8H2,1-2H3,(H,12,13). The van der Waals surface area contributed by atoms with Crippen molar-refractivity contribution in [2.75, 3.05) is 6.61 Å². The summed E-state index contributed by atoms with van der Waals surface area (Å²) in [6, 6.07) is 4.62. The molecule has 0 spiro atoms. The fraction of sp³-hybridized carbons (Fsp3) is 0.455. The van der Waals surface area contributed by atoms with Crippen LogP contribution in [-0.2, 0) is 31.1 Å². The van der Waals surface area contributed by atoms with E-state index in [9.17, 15) is 12.6 Å². The first-order valence-electron chi connectivity index (χ1n) is 5.43. The summed E-state index contributed by atoms with van der Waals surface area (Å²) in [6.07, 6.45) is 0.576. The molecule has 1 aromatic rings. The predicted octanol–water partition coefficient (Wildman–Crippen LogP) is 1.83. The minimum Gasteiger partial charge on any atom is -0.306 e. The number of hydrogen-bond donors (Lipinski definition) is 1. The molecular weight excluding hydrogens is 276 g/mol. The fourth-order valence-corrected chi connectivity index (χ4v) is 3.25. The Kier molecular flexibility index (Phi) is 5.46. The third-order valence-electron chi connectivity index (χ3n) is 2.21. The molecule has 0 heterocycles. The SMILES string of the molecule is CCCOS(=O)(=O)c1ccc(C)cc1CS(=O)O. The number of aryl methyl sites for hydroxylation is 1. The number of rotatable bonds is 6.